The van der Waals surface area contributed by atoms with Gasteiger partial charge in [-0.15, -0.1) is 0 Å². The number of aldehydes is 1. The van der Waals surface area contributed by atoms with Crippen molar-refractivity contribution in [2.75, 3.05) is 6.61 Å². The molecule has 0 spiro atoms. The maximum Gasteiger partial charge on any atom is 0.184 e. The zero-order valence-corrected chi connectivity index (χ0v) is 5.72. The fraction of sp³-hybridized carbons (Fsp3) is 0.571. The Morgan fingerprint density at radius 1 is 1.78 bits per heavy atom. The molecule has 0 saturated carbocycles. The number of allylic oxidation sites excluding steroid dienone is 1. The van der Waals surface area contributed by atoms with Crippen molar-refractivity contribution in [1.82, 2.24) is 0 Å². The van der Waals surface area contributed by atoms with Crippen molar-refractivity contribution in [3.8, 4) is 0 Å². The minimum Gasteiger partial charge on any atom is -0.491 e. The average Bonchev–Trinajstić information content (AvgIpc) is 1.89. The molecule has 0 aromatic carbocycles. The van der Waals surface area contributed by atoms with Crippen LogP contribution >= 0.6 is 0 Å². The van der Waals surface area contributed by atoms with Crippen molar-refractivity contribution < 1.29 is 9.53 Å². The van der Waals surface area contributed by atoms with Crippen LogP contribution in [0.2, 0.25) is 0 Å². The number of carbonyl (C=O) groups is 1. The highest BCUT2D eigenvalue weighted by Crippen LogP contribution is 1.92. The first-order valence-electron chi connectivity index (χ1n) is 3.08. The summed E-state index contributed by atoms with van der Waals surface area (Å²) in [6.45, 7) is 6.02. The van der Waals surface area contributed by atoms with Crippen LogP contribution in [0.3, 0.4) is 0 Å². The number of hydrogen-bond acceptors (Lipinski definition) is 2. The Kier molecular flexibility index (Phi) is 4.88. The monoisotopic (exact) mass is 128 g/mol. The van der Waals surface area contributed by atoms with E-state index in [1.165, 1.54) is 0 Å². The van der Waals surface area contributed by atoms with Gasteiger partial charge in [0, 0.05) is 0 Å². The molecule has 0 N–H and O–H groups in total. The second-order valence-corrected chi connectivity index (χ2v) is 1.79. The summed E-state index contributed by atoms with van der Waals surface area (Å²) in [6, 6.07) is 0. The van der Waals surface area contributed by atoms with Gasteiger partial charge in [-0.3, -0.25) is 4.79 Å². The van der Waals surface area contributed by atoms with E-state index >= 15 is 0 Å². The molecule has 0 aromatic heterocycles. The lowest BCUT2D eigenvalue weighted by Gasteiger charge is -1.99. The van der Waals surface area contributed by atoms with Crippen molar-refractivity contribution >= 4 is 6.29 Å². The van der Waals surface area contributed by atoms with Crippen LogP contribution in [0.5, 0.6) is 0 Å². The first kappa shape index (κ1) is 8.21. The van der Waals surface area contributed by atoms with Gasteiger partial charge in [-0.05, 0) is 6.42 Å². The Morgan fingerprint density at radius 3 is 2.89 bits per heavy atom. The lowest BCUT2D eigenvalue weighted by atomic mass is 10.4. The Balaban J connectivity index is 3.07. The van der Waals surface area contributed by atoms with E-state index in [-0.39, 0.29) is 5.76 Å². The van der Waals surface area contributed by atoms with Crippen molar-refractivity contribution in [2.45, 2.75) is 19.8 Å². The summed E-state index contributed by atoms with van der Waals surface area (Å²) < 4.78 is 4.87. The second-order valence-electron chi connectivity index (χ2n) is 1.79. The highest BCUT2D eigenvalue weighted by molar-refractivity contribution is 5.68. The number of carbonyl (C=O) groups excluding carboxylic acids is 1. The lowest BCUT2D eigenvalue weighted by molar-refractivity contribution is -0.107. The molecule has 0 aliphatic rings. The summed E-state index contributed by atoms with van der Waals surface area (Å²) in [5.41, 5.74) is 0. The van der Waals surface area contributed by atoms with E-state index in [1.807, 2.05) is 0 Å². The SMILES string of the molecule is C=C(C=O)OCCCC. The summed E-state index contributed by atoms with van der Waals surface area (Å²) in [6.07, 6.45) is 2.68. The molecule has 52 valence electrons. The quantitative estimate of drug-likeness (QED) is 0.243. The van der Waals surface area contributed by atoms with Gasteiger partial charge in [-0.2, -0.15) is 0 Å². The predicted molar refractivity (Wildman–Crippen MR) is 36.1 cm³/mol. The largest absolute Gasteiger partial charge is 0.491 e. The summed E-state index contributed by atoms with van der Waals surface area (Å²) in [5.74, 6) is 0.225. The Labute approximate surface area is 55.5 Å². The van der Waals surface area contributed by atoms with Gasteiger partial charge >= 0.3 is 0 Å². The number of unbranched alkanes of at least 4 members (excludes halogenated alkanes) is 1. The maximum atomic E-state index is 9.87. The first-order chi connectivity index (χ1) is 4.31. The zero-order chi connectivity index (χ0) is 7.11. The van der Waals surface area contributed by atoms with Crippen LogP contribution in [-0.4, -0.2) is 12.9 Å². The predicted octanol–water partition coefficient (Wildman–Crippen LogP) is 1.52. The molecule has 0 atom stereocenters. The van der Waals surface area contributed by atoms with E-state index in [9.17, 15) is 4.79 Å². The highest BCUT2D eigenvalue weighted by atomic mass is 16.5. The molecule has 0 fully saturated rings. The Hall–Kier alpha value is -0.790. The molecule has 0 radical (unpaired) electrons. The zero-order valence-electron chi connectivity index (χ0n) is 5.72. The number of ether oxygens (including phenoxy) is 1. The molecule has 0 aromatic rings. The van der Waals surface area contributed by atoms with E-state index in [0.717, 1.165) is 12.8 Å². The van der Waals surface area contributed by atoms with E-state index in [2.05, 4.69) is 13.5 Å². The average molecular weight is 128 g/mol. The number of rotatable bonds is 5. The van der Waals surface area contributed by atoms with Crippen molar-refractivity contribution in [3.63, 3.8) is 0 Å². The number of hydrogen-bond donors (Lipinski definition) is 0. The molecular formula is C7H12O2. The van der Waals surface area contributed by atoms with Gasteiger partial charge in [0.05, 0.1) is 6.61 Å². The maximum absolute atomic E-state index is 9.87. The van der Waals surface area contributed by atoms with Gasteiger partial charge in [-0.1, -0.05) is 19.9 Å². The third kappa shape index (κ3) is 5.07. The standard InChI is InChI=1S/C7H12O2/c1-3-4-5-9-7(2)6-8/h6H,2-5H2,1H3. The van der Waals surface area contributed by atoms with E-state index in [0.29, 0.717) is 12.9 Å². The van der Waals surface area contributed by atoms with Crippen LogP contribution in [0, 0.1) is 0 Å². The normalized spacial score (nSPS) is 8.56. The van der Waals surface area contributed by atoms with Crippen LogP contribution < -0.4 is 0 Å². The van der Waals surface area contributed by atoms with Crippen LogP contribution in [-0.2, 0) is 9.53 Å². The van der Waals surface area contributed by atoms with Crippen molar-refractivity contribution in [1.29, 1.82) is 0 Å². The highest BCUT2D eigenvalue weighted by Gasteiger charge is 1.88. The first-order valence-corrected chi connectivity index (χ1v) is 3.08. The van der Waals surface area contributed by atoms with Gasteiger partial charge in [0.25, 0.3) is 0 Å². The summed E-state index contributed by atoms with van der Waals surface area (Å²) in [5, 5.41) is 0. The van der Waals surface area contributed by atoms with Crippen LogP contribution in [0.1, 0.15) is 19.8 Å². The second kappa shape index (κ2) is 5.35. The molecule has 0 rings (SSSR count). The van der Waals surface area contributed by atoms with Crippen molar-refractivity contribution in [2.24, 2.45) is 0 Å². The molecule has 0 amide bonds. The Bertz CT molecular complexity index is 97.1. The van der Waals surface area contributed by atoms with Crippen LogP contribution in [0.4, 0.5) is 0 Å². The van der Waals surface area contributed by atoms with Crippen LogP contribution in [0.15, 0.2) is 12.3 Å². The fourth-order valence-electron chi connectivity index (χ4n) is 0.382. The third-order valence-electron chi connectivity index (χ3n) is 0.917. The van der Waals surface area contributed by atoms with Crippen LogP contribution in [0.25, 0.3) is 0 Å². The van der Waals surface area contributed by atoms with Gasteiger partial charge in [0.2, 0.25) is 0 Å². The third-order valence-corrected chi connectivity index (χ3v) is 0.917. The summed E-state index contributed by atoms with van der Waals surface area (Å²) in [7, 11) is 0. The molecule has 9 heavy (non-hydrogen) atoms. The fourth-order valence-corrected chi connectivity index (χ4v) is 0.382. The molecule has 0 aliphatic heterocycles. The van der Waals surface area contributed by atoms with E-state index < -0.39 is 0 Å². The summed E-state index contributed by atoms with van der Waals surface area (Å²) in [4.78, 5) is 9.87. The molecule has 0 saturated heterocycles. The molecule has 2 heteroatoms. The molecule has 0 bridgehead atoms. The minimum absolute atomic E-state index is 0.225. The van der Waals surface area contributed by atoms with Gasteiger partial charge < -0.3 is 4.74 Å². The van der Waals surface area contributed by atoms with Gasteiger partial charge in [-0.25, -0.2) is 0 Å². The molecule has 0 aliphatic carbocycles. The smallest absolute Gasteiger partial charge is 0.184 e. The molecule has 2 nitrogen and oxygen atoms in total. The summed E-state index contributed by atoms with van der Waals surface area (Å²) >= 11 is 0. The van der Waals surface area contributed by atoms with Gasteiger partial charge in [0.1, 0.15) is 0 Å². The van der Waals surface area contributed by atoms with E-state index in [1.54, 1.807) is 0 Å². The molecule has 0 heterocycles. The Morgan fingerprint density at radius 2 is 2.44 bits per heavy atom. The topological polar surface area (TPSA) is 26.3 Å². The minimum atomic E-state index is 0.225. The van der Waals surface area contributed by atoms with E-state index in [4.69, 9.17) is 4.74 Å². The molecule has 0 unspecified atom stereocenters. The molecular weight excluding hydrogens is 116 g/mol. The lowest BCUT2D eigenvalue weighted by Crippen LogP contribution is -1.93. The van der Waals surface area contributed by atoms with Gasteiger partial charge in [0.15, 0.2) is 12.0 Å². The van der Waals surface area contributed by atoms with Crippen molar-refractivity contribution in [3.05, 3.63) is 12.3 Å².